The van der Waals surface area contributed by atoms with E-state index in [2.05, 4.69) is 0 Å². The number of carbonyl (C=O) groups excluding carboxylic acids is 2. The van der Waals surface area contributed by atoms with E-state index in [4.69, 9.17) is 5.11 Å². The Bertz CT molecular complexity index is 1040. The molecule has 144 valence electrons. The summed E-state index contributed by atoms with van der Waals surface area (Å²) >= 11 is 0. The highest BCUT2D eigenvalue weighted by Crippen LogP contribution is 2.43. The molecule has 0 saturated carbocycles. The van der Waals surface area contributed by atoms with Gasteiger partial charge in [-0.25, -0.2) is 0 Å². The maximum atomic E-state index is 12.8. The van der Waals surface area contributed by atoms with E-state index in [1.54, 1.807) is 12.1 Å². The number of aromatic hydroxyl groups is 2. The summed E-state index contributed by atoms with van der Waals surface area (Å²) in [6.07, 6.45) is 0. The summed E-state index contributed by atoms with van der Waals surface area (Å²) in [5.41, 5.74) is -0.936. The molecule has 0 spiro atoms. The van der Waals surface area contributed by atoms with Crippen LogP contribution in [-0.2, 0) is 9.59 Å². The molecule has 0 radical (unpaired) electrons. The third-order valence-electron chi connectivity index (χ3n) is 4.55. The maximum absolute atomic E-state index is 12.8. The second-order valence-corrected chi connectivity index (χ2v) is 6.34. The molecule has 0 heterocycles. The molecule has 0 aromatic heterocycles. The van der Waals surface area contributed by atoms with Gasteiger partial charge in [-0.15, -0.1) is 0 Å². The van der Waals surface area contributed by atoms with Gasteiger partial charge in [-0.1, -0.05) is 24.3 Å². The van der Waals surface area contributed by atoms with Gasteiger partial charge in [-0.2, -0.15) is 0 Å². The monoisotopic (exact) mass is 385 g/mol. The summed E-state index contributed by atoms with van der Waals surface area (Å²) < 4.78 is 0. The lowest BCUT2D eigenvalue weighted by Gasteiger charge is -2.26. The van der Waals surface area contributed by atoms with Gasteiger partial charge in [0.15, 0.2) is 23.1 Å². The first kappa shape index (κ1) is 19.1. The number of nitrogens with zero attached hydrogens (tertiary/aromatic N) is 1. The van der Waals surface area contributed by atoms with Crippen LogP contribution in [0.1, 0.15) is 43.4 Å². The number of fused-ring (bicyclic) bond motifs is 2. The van der Waals surface area contributed by atoms with E-state index in [-0.39, 0.29) is 16.7 Å². The second kappa shape index (κ2) is 6.78. The summed E-state index contributed by atoms with van der Waals surface area (Å²) in [7, 11) is 1.20. The first-order valence-electron chi connectivity index (χ1n) is 8.07. The summed E-state index contributed by atoms with van der Waals surface area (Å²) in [4.78, 5) is 49.1. The zero-order valence-electron chi connectivity index (χ0n) is 14.5. The fourth-order valence-corrected chi connectivity index (χ4v) is 3.32. The Morgan fingerprint density at radius 3 is 2.07 bits per heavy atom. The number of phenols is 2. The van der Waals surface area contributed by atoms with Crippen LogP contribution in [0.3, 0.4) is 0 Å². The van der Waals surface area contributed by atoms with Crippen LogP contribution in [0.4, 0.5) is 0 Å². The highest BCUT2D eigenvalue weighted by molar-refractivity contribution is 6.29. The summed E-state index contributed by atoms with van der Waals surface area (Å²) in [6, 6.07) is 5.26. The van der Waals surface area contributed by atoms with Crippen molar-refractivity contribution in [3.8, 4) is 11.5 Å². The van der Waals surface area contributed by atoms with Crippen LogP contribution >= 0.6 is 0 Å². The average molecular weight is 385 g/mol. The molecule has 1 unspecified atom stereocenters. The molecule has 2 aromatic rings. The average Bonchev–Trinajstić information content (AvgIpc) is 2.62. The number of hydrogen-bond acceptors (Lipinski definition) is 7. The van der Waals surface area contributed by atoms with Gasteiger partial charge in [-0.05, 0) is 13.1 Å². The highest BCUT2D eigenvalue weighted by atomic mass is 16.4. The molecule has 0 fully saturated rings. The number of hydrogen-bond donors (Lipinski definition) is 4. The molecule has 1 atom stereocenters. The molecule has 9 heteroatoms. The largest absolute Gasteiger partial charge is 0.504 e. The molecular weight excluding hydrogens is 370 g/mol. The van der Waals surface area contributed by atoms with Crippen LogP contribution in [0.25, 0.3) is 0 Å². The standard InChI is InChI=1S/C19H15NO8/c1-20(7-12(21)22)14(19(27)28)11-6-10-13(18(26)17(11)25)16(24)9-5-3-2-4-8(9)15(10)23/h2-6,14,25-26H,7H2,1H3,(H,21,22)(H,27,28). The lowest BCUT2D eigenvalue weighted by Crippen LogP contribution is -2.35. The van der Waals surface area contributed by atoms with Gasteiger partial charge in [-0.3, -0.25) is 24.1 Å². The van der Waals surface area contributed by atoms with Gasteiger partial charge >= 0.3 is 11.9 Å². The molecule has 9 nitrogen and oxygen atoms in total. The van der Waals surface area contributed by atoms with Crippen molar-refractivity contribution in [1.82, 2.24) is 4.90 Å². The Hall–Kier alpha value is -3.72. The normalized spacial score (nSPS) is 13.8. The summed E-state index contributed by atoms with van der Waals surface area (Å²) in [5.74, 6) is -5.94. The molecule has 0 saturated heterocycles. The van der Waals surface area contributed by atoms with Crippen molar-refractivity contribution in [3.63, 3.8) is 0 Å². The van der Waals surface area contributed by atoms with E-state index < -0.39 is 58.7 Å². The van der Waals surface area contributed by atoms with E-state index >= 15 is 0 Å². The molecule has 2 aromatic carbocycles. The minimum absolute atomic E-state index is 0.0558. The molecule has 0 bridgehead atoms. The Labute approximate surface area is 158 Å². The third kappa shape index (κ3) is 2.87. The molecule has 1 aliphatic rings. The molecule has 0 amide bonds. The smallest absolute Gasteiger partial charge is 0.325 e. The Kier molecular flexibility index (Phi) is 4.61. The number of benzene rings is 2. The number of rotatable bonds is 5. The fourth-order valence-electron chi connectivity index (χ4n) is 3.32. The van der Waals surface area contributed by atoms with Crippen molar-refractivity contribution >= 4 is 23.5 Å². The van der Waals surface area contributed by atoms with Crippen LogP contribution < -0.4 is 0 Å². The predicted octanol–water partition coefficient (Wildman–Crippen LogP) is 1.02. The first-order chi connectivity index (χ1) is 13.1. The maximum Gasteiger partial charge on any atom is 0.325 e. The minimum atomic E-state index is -1.67. The van der Waals surface area contributed by atoms with Crippen molar-refractivity contribution in [3.05, 3.63) is 58.1 Å². The molecule has 0 aliphatic heterocycles. The van der Waals surface area contributed by atoms with E-state index in [0.29, 0.717) is 0 Å². The third-order valence-corrected chi connectivity index (χ3v) is 4.55. The van der Waals surface area contributed by atoms with Crippen molar-refractivity contribution in [2.75, 3.05) is 13.6 Å². The Morgan fingerprint density at radius 2 is 1.54 bits per heavy atom. The number of carboxylic acids is 2. The van der Waals surface area contributed by atoms with Gasteiger partial charge in [0.2, 0.25) is 0 Å². The lowest BCUT2D eigenvalue weighted by atomic mass is 9.81. The Balaban J connectivity index is 2.23. The number of ketones is 2. The fraction of sp³-hybridized carbons (Fsp3) is 0.158. The number of carbonyl (C=O) groups is 4. The van der Waals surface area contributed by atoms with E-state index in [9.17, 15) is 34.5 Å². The van der Waals surface area contributed by atoms with Gasteiger partial charge in [0, 0.05) is 22.3 Å². The number of carboxylic acid groups (broad SMARTS) is 2. The SMILES string of the molecule is CN(CC(=O)O)C(C(=O)O)c1cc2c(c(O)c1O)C(=O)c1ccccc1C2=O. The van der Waals surface area contributed by atoms with E-state index in [0.717, 1.165) is 11.0 Å². The number of aliphatic carboxylic acids is 2. The summed E-state index contributed by atoms with van der Waals surface area (Å²) in [5, 5.41) is 39.2. The molecule has 3 rings (SSSR count). The zero-order valence-corrected chi connectivity index (χ0v) is 14.5. The first-order valence-corrected chi connectivity index (χ1v) is 8.07. The number of likely N-dealkylation sites (N-methyl/N-ethyl adjacent to an activating group) is 1. The molecule has 1 aliphatic carbocycles. The van der Waals surface area contributed by atoms with E-state index in [1.165, 1.54) is 19.2 Å². The topological polar surface area (TPSA) is 152 Å². The molecule has 28 heavy (non-hydrogen) atoms. The van der Waals surface area contributed by atoms with Crippen molar-refractivity contribution in [1.29, 1.82) is 0 Å². The van der Waals surface area contributed by atoms with Crippen molar-refractivity contribution < 1.29 is 39.6 Å². The predicted molar refractivity (Wildman–Crippen MR) is 93.7 cm³/mol. The Morgan fingerprint density at radius 1 is 0.964 bits per heavy atom. The van der Waals surface area contributed by atoms with Gasteiger partial charge in [0.25, 0.3) is 0 Å². The highest BCUT2D eigenvalue weighted by Gasteiger charge is 2.37. The minimum Gasteiger partial charge on any atom is -0.504 e. The van der Waals surface area contributed by atoms with Crippen molar-refractivity contribution in [2.45, 2.75) is 6.04 Å². The van der Waals surface area contributed by atoms with Crippen molar-refractivity contribution in [2.24, 2.45) is 0 Å². The lowest BCUT2D eigenvalue weighted by molar-refractivity contribution is -0.145. The quantitative estimate of drug-likeness (QED) is 0.471. The van der Waals surface area contributed by atoms with Gasteiger partial charge < -0.3 is 20.4 Å². The molecule has 4 N–H and O–H groups in total. The second-order valence-electron chi connectivity index (χ2n) is 6.34. The number of phenolic OH excluding ortho intramolecular Hbond substituents is 2. The van der Waals surface area contributed by atoms with Crippen LogP contribution in [-0.4, -0.2) is 62.4 Å². The van der Waals surface area contributed by atoms with Crippen LogP contribution in [0.15, 0.2) is 30.3 Å². The van der Waals surface area contributed by atoms with Crippen LogP contribution in [0.5, 0.6) is 11.5 Å². The van der Waals surface area contributed by atoms with Crippen LogP contribution in [0, 0.1) is 0 Å². The molecular formula is C19H15NO8. The van der Waals surface area contributed by atoms with Crippen LogP contribution in [0.2, 0.25) is 0 Å². The van der Waals surface area contributed by atoms with Gasteiger partial charge in [0.05, 0.1) is 12.1 Å². The zero-order chi connectivity index (χ0) is 20.7. The van der Waals surface area contributed by atoms with E-state index in [1.807, 2.05) is 0 Å². The summed E-state index contributed by atoms with van der Waals surface area (Å²) in [6.45, 7) is -0.677. The van der Waals surface area contributed by atoms with Gasteiger partial charge in [0.1, 0.15) is 6.04 Å².